The highest BCUT2D eigenvalue weighted by atomic mass is 79.9. The van der Waals surface area contributed by atoms with E-state index in [-0.39, 0.29) is 16.6 Å². The van der Waals surface area contributed by atoms with E-state index < -0.39 is 46.4 Å². The standard InChI is InChI=1S/C13H4BrF6N3O/c14-6-3-7(15)11(22-23-21)10(4-6)24-12-8(16)1-5(2-9(12)17)13(18,19)20/h1-4H. The Morgan fingerprint density at radius 1 is 1.00 bits per heavy atom. The van der Waals surface area contributed by atoms with Gasteiger partial charge in [0.25, 0.3) is 0 Å². The molecule has 0 fully saturated rings. The molecule has 126 valence electrons. The van der Waals surface area contributed by atoms with Gasteiger partial charge in [0.05, 0.1) is 5.56 Å². The van der Waals surface area contributed by atoms with E-state index in [1.807, 2.05) is 0 Å². The van der Waals surface area contributed by atoms with Crippen molar-refractivity contribution in [3.8, 4) is 11.5 Å². The second kappa shape index (κ2) is 6.62. The summed E-state index contributed by atoms with van der Waals surface area (Å²) in [6.07, 6.45) is -4.96. The summed E-state index contributed by atoms with van der Waals surface area (Å²) in [6.45, 7) is 0. The van der Waals surface area contributed by atoms with Crippen LogP contribution in [0.5, 0.6) is 11.5 Å². The number of ether oxygens (including phenoxy) is 1. The zero-order valence-electron chi connectivity index (χ0n) is 11.2. The number of halogens is 7. The summed E-state index contributed by atoms with van der Waals surface area (Å²) in [7, 11) is 0. The summed E-state index contributed by atoms with van der Waals surface area (Å²) in [4.78, 5) is 2.34. The number of hydrogen-bond acceptors (Lipinski definition) is 2. The number of rotatable bonds is 3. The highest BCUT2D eigenvalue weighted by Gasteiger charge is 2.33. The largest absolute Gasteiger partial charge is 0.451 e. The summed E-state index contributed by atoms with van der Waals surface area (Å²) >= 11 is 2.90. The van der Waals surface area contributed by atoms with Crippen molar-refractivity contribution in [2.45, 2.75) is 6.18 Å². The van der Waals surface area contributed by atoms with Crippen molar-refractivity contribution in [1.29, 1.82) is 0 Å². The summed E-state index contributed by atoms with van der Waals surface area (Å²) in [6, 6.07) is 1.99. The molecule has 0 aliphatic heterocycles. The maximum Gasteiger partial charge on any atom is 0.416 e. The summed E-state index contributed by atoms with van der Waals surface area (Å²) in [5.41, 5.74) is 6.13. The Kier molecular flexibility index (Phi) is 4.95. The van der Waals surface area contributed by atoms with E-state index in [1.165, 1.54) is 0 Å². The van der Waals surface area contributed by atoms with Gasteiger partial charge in [0.1, 0.15) is 17.3 Å². The second-order valence-corrected chi connectivity index (χ2v) is 5.21. The van der Waals surface area contributed by atoms with Gasteiger partial charge in [0, 0.05) is 9.38 Å². The first kappa shape index (κ1) is 18.0. The Morgan fingerprint density at radius 2 is 1.58 bits per heavy atom. The van der Waals surface area contributed by atoms with Crippen LogP contribution in [-0.2, 0) is 6.18 Å². The minimum Gasteiger partial charge on any atom is -0.451 e. The molecule has 0 aliphatic carbocycles. The van der Waals surface area contributed by atoms with Gasteiger partial charge in [0.2, 0.25) is 0 Å². The van der Waals surface area contributed by atoms with Crippen LogP contribution in [0.15, 0.2) is 33.9 Å². The van der Waals surface area contributed by atoms with Crippen LogP contribution in [0.2, 0.25) is 0 Å². The molecule has 0 saturated carbocycles. The number of azide groups is 1. The predicted octanol–water partition coefficient (Wildman–Crippen LogP) is 6.62. The number of hydrogen-bond donors (Lipinski definition) is 0. The molecule has 0 saturated heterocycles. The predicted molar refractivity (Wildman–Crippen MR) is 74.3 cm³/mol. The molecule has 2 aromatic rings. The van der Waals surface area contributed by atoms with Crippen molar-refractivity contribution in [3.63, 3.8) is 0 Å². The van der Waals surface area contributed by atoms with E-state index in [4.69, 9.17) is 10.3 Å². The average molecular weight is 412 g/mol. The van der Waals surface area contributed by atoms with Crippen molar-refractivity contribution >= 4 is 21.6 Å². The van der Waals surface area contributed by atoms with Crippen LogP contribution in [-0.4, -0.2) is 0 Å². The molecule has 11 heteroatoms. The van der Waals surface area contributed by atoms with Gasteiger partial charge < -0.3 is 4.74 Å². The molecule has 0 spiro atoms. The number of benzene rings is 2. The van der Waals surface area contributed by atoms with E-state index in [0.717, 1.165) is 12.1 Å². The van der Waals surface area contributed by atoms with Gasteiger partial charge in [-0.1, -0.05) is 21.0 Å². The lowest BCUT2D eigenvalue weighted by Gasteiger charge is -2.13. The van der Waals surface area contributed by atoms with Crippen LogP contribution >= 0.6 is 15.9 Å². The fraction of sp³-hybridized carbons (Fsp3) is 0.0769. The van der Waals surface area contributed by atoms with Gasteiger partial charge in [-0.05, 0) is 29.8 Å². The second-order valence-electron chi connectivity index (χ2n) is 4.29. The lowest BCUT2D eigenvalue weighted by atomic mass is 10.2. The van der Waals surface area contributed by atoms with Crippen molar-refractivity contribution in [1.82, 2.24) is 0 Å². The Bertz CT molecular complexity index is 825. The van der Waals surface area contributed by atoms with E-state index >= 15 is 0 Å². The lowest BCUT2D eigenvalue weighted by Crippen LogP contribution is -2.07. The quantitative estimate of drug-likeness (QED) is 0.242. The van der Waals surface area contributed by atoms with Crippen LogP contribution in [0.25, 0.3) is 10.4 Å². The summed E-state index contributed by atoms with van der Waals surface area (Å²) in [5, 5.41) is 2.99. The average Bonchev–Trinajstić information content (AvgIpc) is 2.45. The van der Waals surface area contributed by atoms with E-state index in [1.54, 1.807) is 0 Å². The van der Waals surface area contributed by atoms with Gasteiger partial charge in [-0.15, -0.1) is 0 Å². The maximum atomic E-state index is 13.8. The zero-order chi connectivity index (χ0) is 18.1. The first-order valence-corrected chi connectivity index (χ1v) is 6.71. The van der Waals surface area contributed by atoms with Crippen LogP contribution in [0.1, 0.15) is 5.56 Å². The zero-order valence-corrected chi connectivity index (χ0v) is 12.8. The summed E-state index contributed by atoms with van der Waals surface area (Å²) in [5.74, 6) is -6.17. The smallest absolute Gasteiger partial charge is 0.416 e. The fourth-order valence-corrected chi connectivity index (χ4v) is 2.10. The van der Waals surface area contributed by atoms with Crippen LogP contribution in [0, 0.1) is 17.5 Å². The van der Waals surface area contributed by atoms with E-state index in [2.05, 4.69) is 26.0 Å². The third-order valence-electron chi connectivity index (χ3n) is 2.68. The van der Waals surface area contributed by atoms with Crippen molar-refractivity contribution in [2.75, 3.05) is 0 Å². The molecular formula is C13H4BrF6N3O. The third kappa shape index (κ3) is 3.74. The van der Waals surface area contributed by atoms with Crippen molar-refractivity contribution in [3.05, 3.63) is 62.2 Å². The molecular weight excluding hydrogens is 408 g/mol. The molecule has 2 rings (SSSR count). The molecule has 0 aromatic heterocycles. The first-order valence-electron chi connectivity index (χ1n) is 5.91. The Balaban J connectivity index is 2.55. The normalized spacial score (nSPS) is 11.1. The molecule has 2 aromatic carbocycles. The highest BCUT2D eigenvalue weighted by molar-refractivity contribution is 9.10. The van der Waals surface area contributed by atoms with Gasteiger partial charge >= 0.3 is 6.18 Å². The monoisotopic (exact) mass is 411 g/mol. The molecule has 0 heterocycles. The third-order valence-corrected chi connectivity index (χ3v) is 3.13. The molecule has 0 N–H and O–H groups in total. The fourth-order valence-electron chi connectivity index (χ4n) is 1.69. The van der Waals surface area contributed by atoms with Gasteiger partial charge in [-0.2, -0.15) is 13.2 Å². The molecule has 0 bridgehead atoms. The minimum atomic E-state index is -4.96. The van der Waals surface area contributed by atoms with Crippen molar-refractivity contribution < 1.29 is 31.1 Å². The van der Waals surface area contributed by atoms with Gasteiger partial charge in [-0.25, -0.2) is 13.2 Å². The molecule has 0 amide bonds. The maximum absolute atomic E-state index is 13.8. The first-order chi connectivity index (χ1) is 11.1. The lowest BCUT2D eigenvalue weighted by molar-refractivity contribution is -0.138. The number of nitrogens with zero attached hydrogens (tertiary/aromatic N) is 3. The highest BCUT2D eigenvalue weighted by Crippen LogP contribution is 2.40. The minimum absolute atomic E-state index is 0.0278. The van der Waals surface area contributed by atoms with E-state index in [9.17, 15) is 26.3 Å². The molecule has 0 atom stereocenters. The molecule has 4 nitrogen and oxygen atoms in total. The molecule has 0 aliphatic rings. The topological polar surface area (TPSA) is 58.0 Å². The van der Waals surface area contributed by atoms with Gasteiger partial charge in [-0.3, -0.25) is 0 Å². The van der Waals surface area contributed by atoms with Crippen molar-refractivity contribution in [2.24, 2.45) is 5.11 Å². The molecule has 24 heavy (non-hydrogen) atoms. The Morgan fingerprint density at radius 3 is 2.08 bits per heavy atom. The van der Waals surface area contributed by atoms with Crippen LogP contribution < -0.4 is 4.74 Å². The molecule has 0 unspecified atom stereocenters. The van der Waals surface area contributed by atoms with E-state index in [0.29, 0.717) is 0 Å². The Labute approximate surface area is 138 Å². The SMILES string of the molecule is [N-]=[N+]=Nc1c(F)cc(Br)cc1Oc1c(F)cc(C(F)(F)F)cc1F. The summed E-state index contributed by atoms with van der Waals surface area (Å²) < 4.78 is 83.6. The number of alkyl halides is 3. The van der Waals surface area contributed by atoms with Crippen LogP contribution in [0.3, 0.4) is 0 Å². The Hall–Kier alpha value is -2.39. The molecule has 0 radical (unpaired) electrons. The van der Waals surface area contributed by atoms with Gasteiger partial charge in [0.15, 0.2) is 17.4 Å². The van der Waals surface area contributed by atoms with Crippen LogP contribution in [0.4, 0.5) is 32.0 Å².